The summed E-state index contributed by atoms with van der Waals surface area (Å²) in [5.74, 6) is -0.672. The molecular weight excluding hydrogens is 365 g/mol. The van der Waals surface area contributed by atoms with Crippen molar-refractivity contribution in [3.05, 3.63) is 29.8 Å². The number of carbonyl (C=O) groups is 2. The zero-order valence-electron chi connectivity index (χ0n) is 15.4. The topological polar surface area (TPSA) is 67.9 Å². The van der Waals surface area contributed by atoms with E-state index < -0.39 is 24.1 Å². The maximum atomic E-state index is 12.5. The van der Waals surface area contributed by atoms with E-state index in [-0.39, 0.29) is 18.1 Å². The van der Waals surface area contributed by atoms with E-state index in [9.17, 15) is 22.8 Å². The predicted octanol–water partition coefficient (Wildman–Crippen LogP) is 3.25. The summed E-state index contributed by atoms with van der Waals surface area (Å²) >= 11 is 0. The summed E-state index contributed by atoms with van der Waals surface area (Å²) in [7, 11) is 0. The summed E-state index contributed by atoms with van der Waals surface area (Å²) in [5.41, 5.74) is -0.110. The van der Waals surface area contributed by atoms with E-state index in [2.05, 4.69) is 10.1 Å². The lowest BCUT2D eigenvalue weighted by Gasteiger charge is -2.31. The van der Waals surface area contributed by atoms with Gasteiger partial charge in [-0.1, -0.05) is 12.1 Å². The highest BCUT2D eigenvalue weighted by molar-refractivity contribution is 5.86. The Morgan fingerprint density at radius 3 is 2.41 bits per heavy atom. The molecule has 1 heterocycles. The Morgan fingerprint density at radius 1 is 1.22 bits per heavy atom. The van der Waals surface area contributed by atoms with Crippen molar-refractivity contribution in [3.8, 4) is 5.75 Å². The second-order valence-corrected chi connectivity index (χ2v) is 7.23. The van der Waals surface area contributed by atoms with Gasteiger partial charge < -0.3 is 14.8 Å². The van der Waals surface area contributed by atoms with Gasteiger partial charge in [-0.15, -0.1) is 13.2 Å². The number of benzene rings is 1. The van der Waals surface area contributed by atoms with Gasteiger partial charge in [0.1, 0.15) is 17.4 Å². The molecule has 1 aliphatic rings. The molecule has 1 aliphatic heterocycles. The Bertz CT molecular complexity index is 669. The SMILES string of the molecule is CC(C)(C)OC(=O)N1CCCNC(=O)C1Cc1ccc(OC(F)(F)F)cc1. The fourth-order valence-electron chi connectivity index (χ4n) is 2.67. The van der Waals surface area contributed by atoms with E-state index in [1.165, 1.54) is 29.2 Å². The van der Waals surface area contributed by atoms with Crippen LogP contribution in [0.3, 0.4) is 0 Å². The Kier molecular flexibility index (Phi) is 6.22. The molecule has 150 valence electrons. The van der Waals surface area contributed by atoms with Crippen LogP contribution in [0, 0.1) is 0 Å². The Morgan fingerprint density at radius 2 is 1.85 bits per heavy atom. The fraction of sp³-hybridized carbons (Fsp3) is 0.556. The van der Waals surface area contributed by atoms with Crippen LogP contribution in [0.4, 0.5) is 18.0 Å². The minimum atomic E-state index is -4.77. The predicted molar refractivity (Wildman–Crippen MR) is 91.2 cm³/mol. The van der Waals surface area contributed by atoms with Crippen molar-refractivity contribution in [3.63, 3.8) is 0 Å². The van der Waals surface area contributed by atoms with Crippen LogP contribution in [-0.2, 0) is 16.0 Å². The zero-order valence-corrected chi connectivity index (χ0v) is 15.4. The van der Waals surface area contributed by atoms with Gasteiger partial charge in [0.15, 0.2) is 0 Å². The van der Waals surface area contributed by atoms with Crippen LogP contribution in [0.2, 0.25) is 0 Å². The number of rotatable bonds is 3. The van der Waals surface area contributed by atoms with Crippen LogP contribution in [-0.4, -0.2) is 48.0 Å². The average molecular weight is 388 g/mol. The van der Waals surface area contributed by atoms with Crippen LogP contribution < -0.4 is 10.1 Å². The van der Waals surface area contributed by atoms with E-state index in [1.54, 1.807) is 20.8 Å². The quantitative estimate of drug-likeness (QED) is 0.863. The summed E-state index contributed by atoms with van der Waals surface area (Å²) < 4.78 is 46.0. The number of ether oxygens (including phenoxy) is 2. The highest BCUT2D eigenvalue weighted by atomic mass is 19.4. The second-order valence-electron chi connectivity index (χ2n) is 7.23. The van der Waals surface area contributed by atoms with Gasteiger partial charge in [0.25, 0.3) is 0 Å². The lowest BCUT2D eigenvalue weighted by molar-refractivity contribution is -0.274. The van der Waals surface area contributed by atoms with Crippen LogP contribution in [0.15, 0.2) is 24.3 Å². The molecule has 1 unspecified atom stereocenters. The van der Waals surface area contributed by atoms with Crippen molar-refractivity contribution in [2.45, 2.75) is 51.6 Å². The number of nitrogens with one attached hydrogen (secondary N) is 1. The third kappa shape index (κ3) is 6.65. The molecule has 2 rings (SSSR count). The molecule has 1 atom stereocenters. The van der Waals surface area contributed by atoms with Crippen molar-refractivity contribution < 1.29 is 32.2 Å². The minimum Gasteiger partial charge on any atom is -0.444 e. The average Bonchev–Trinajstić information content (AvgIpc) is 2.68. The number of hydrogen-bond acceptors (Lipinski definition) is 4. The van der Waals surface area contributed by atoms with Crippen molar-refractivity contribution in [1.82, 2.24) is 10.2 Å². The van der Waals surface area contributed by atoms with Crippen molar-refractivity contribution in [2.24, 2.45) is 0 Å². The fourth-order valence-corrected chi connectivity index (χ4v) is 2.67. The first-order chi connectivity index (χ1) is 12.4. The van der Waals surface area contributed by atoms with Gasteiger partial charge in [0.2, 0.25) is 5.91 Å². The van der Waals surface area contributed by atoms with Gasteiger partial charge in [-0.2, -0.15) is 0 Å². The molecule has 6 nitrogen and oxygen atoms in total. The van der Waals surface area contributed by atoms with Crippen LogP contribution in [0.5, 0.6) is 5.75 Å². The smallest absolute Gasteiger partial charge is 0.444 e. The van der Waals surface area contributed by atoms with E-state index in [0.717, 1.165) is 0 Å². The standard InChI is InChI=1S/C18H23F3N2O4/c1-17(2,3)27-16(25)23-10-4-9-22-15(24)14(23)11-12-5-7-13(8-6-12)26-18(19,20)21/h5-8,14H,4,9-11H2,1-3H3,(H,22,24). The summed E-state index contributed by atoms with van der Waals surface area (Å²) in [5, 5.41) is 2.74. The Labute approximate surface area is 155 Å². The normalized spacial score (nSPS) is 18.5. The van der Waals surface area contributed by atoms with Crippen molar-refractivity contribution in [1.29, 1.82) is 0 Å². The largest absolute Gasteiger partial charge is 0.573 e. The first kappa shape index (κ1) is 20.9. The molecule has 1 N–H and O–H groups in total. The van der Waals surface area contributed by atoms with E-state index in [0.29, 0.717) is 25.1 Å². The molecule has 1 saturated heterocycles. The number of amides is 2. The zero-order chi connectivity index (χ0) is 20.2. The number of carbonyl (C=O) groups excluding carboxylic acids is 2. The molecule has 0 spiro atoms. The first-order valence-corrected chi connectivity index (χ1v) is 8.57. The maximum absolute atomic E-state index is 12.5. The molecule has 0 radical (unpaired) electrons. The highest BCUT2D eigenvalue weighted by Crippen LogP contribution is 2.24. The number of hydrogen-bond donors (Lipinski definition) is 1. The molecule has 0 saturated carbocycles. The molecule has 2 amide bonds. The minimum absolute atomic E-state index is 0.150. The lowest BCUT2D eigenvalue weighted by atomic mass is 10.0. The highest BCUT2D eigenvalue weighted by Gasteiger charge is 2.35. The first-order valence-electron chi connectivity index (χ1n) is 8.57. The summed E-state index contributed by atoms with van der Waals surface area (Å²) in [6.07, 6.45) is -4.63. The monoisotopic (exact) mass is 388 g/mol. The third-order valence-corrected chi connectivity index (χ3v) is 3.77. The van der Waals surface area contributed by atoms with E-state index in [1.807, 2.05) is 0 Å². The third-order valence-electron chi connectivity index (χ3n) is 3.77. The van der Waals surface area contributed by atoms with E-state index >= 15 is 0 Å². The van der Waals surface area contributed by atoms with Gasteiger partial charge >= 0.3 is 12.5 Å². The van der Waals surface area contributed by atoms with Crippen molar-refractivity contribution >= 4 is 12.0 Å². The summed E-state index contributed by atoms with van der Waals surface area (Å²) in [6.45, 7) is 5.98. The van der Waals surface area contributed by atoms with Gasteiger partial charge in [0, 0.05) is 19.5 Å². The van der Waals surface area contributed by atoms with Crippen LogP contribution in [0.25, 0.3) is 0 Å². The molecule has 9 heteroatoms. The molecule has 0 bridgehead atoms. The molecule has 1 aromatic rings. The van der Waals surface area contributed by atoms with Gasteiger partial charge in [-0.05, 0) is 44.9 Å². The van der Waals surface area contributed by atoms with Gasteiger partial charge in [-0.25, -0.2) is 4.79 Å². The molecule has 0 aliphatic carbocycles. The van der Waals surface area contributed by atoms with Crippen molar-refractivity contribution in [2.75, 3.05) is 13.1 Å². The Balaban J connectivity index is 2.16. The number of halogens is 3. The summed E-state index contributed by atoms with van der Waals surface area (Å²) in [4.78, 5) is 26.3. The molecule has 1 aromatic carbocycles. The number of nitrogens with zero attached hydrogens (tertiary/aromatic N) is 1. The molecule has 27 heavy (non-hydrogen) atoms. The van der Waals surface area contributed by atoms with Crippen LogP contribution >= 0.6 is 0 Å². The van der Waals surface area contributed by atoms with Gasteiger partial charge in [-0.3, -0.25) is 9.69 Å². The second kappa shape index (κ2) is 8.06. The summed E-state index contributed by atoms with van der Waals surface area (Å²) in [6, 6.07) is 4.42. The molecular formula is C18H23F3N2O4. The molecule has 1 fully saturated rings. The van der Waals surface area contributed by atoms with E-state index in [4.69, 9.17) is 4.74 Å². The maximum Gasteiger partial charge on any atom is 0.573 e. The lowest BCUT2D eigenvalue weighted by Crippen LogP contribution is -2.49. The number of alkyl halides is 3. The van der Waals surface area contributed by atoms with Crippen LogP contribution in [0.1, 0.15) is 32.8 Å². The Hall–Kier alpha value is -2.45. The van der Waals surface area contributed by atoms with Gasteiger partial charge in [0.05, 0.1) is 0 Å². The molecule has 0 aromatic heterocycles.